The number of nitrogens with one attached hydrogen (secondary N) is 2. The van der Waals surface area contributed by atoms with E-state index in [0.29, 0.717) is 37.3 Å². The fourth-order valence-electron chi connectivity index (χ4n) is 3.56. The molecule has 1 aliphatic rings. The van der Waals surface area contributed by atoms with Crippen molar-refractivity contribution in [3.05, 3.63) is 47.4 Å². The van der Waals surface area contributed by atoms with Crippen molar-refractivity contribution < 1.29 is 31.1 Å². The second-order valence-corrected chi connectivity index (χ2v) is 8.07. The summed E-state index contributed by atoms with van der Waals surface area (Å²) in [6.45, 7) is 0. The number of alkyl halides is 6. The van der Waals surface area contributed by atoms with Crippen molar-refractivity contribution in [2.75, 3.05) is 24.3 Å². The molecule has 2 N–H and O–H groups in total. The second kappa shape index (κ2) is 9.44. The molecule has 0 aliphatic heterocycles. The summed E-state index contributed by atoms with van der Waals surface area (Å²) in [5.41, 5.74) is -0.208. The Morgan fingerprint density at radius 3 is 2.00 bits per heavy atom. The highest BCUT2D eigenvalue weighted by molar-refractivity contribution is 5.94. The molecule has 2 aromatic rings. The van der Waals surface area contributed by atoms with Crippen molar-refractivity contribution in [1.82, 2.24) is 15.3 Å². The molecule has 33 heavy (non-hydrogen) atoms. The van der Waals surface area contributed by atoms with Crippen LogP contribution < -0.4 is 15.5 Å². The normalized spacial score (nSPS) is 19.2. The first kappa shape index (κ1) is 24.6. The van der Waals surface area contributed by atoms with Gasteiger partial charge in [0.05, 0.1) is 0 Å². The lowest BCUT2D eigenvalue weighted by Gasteiger charge is -2.30. The molecular formula is C21H23F6N5O. The van der Waals surface area contributed by atoms with Crippen LogP contribution in [0.15, 0.2) is 30.3 Å². The number of carbonyl (C=O) groups is 1. The highest BCUT2D eigenvalue weighted by Gasteiger charge is 2.40. The highest BCUT2D eigenvalue weighted by atomic mass is 19.4. The molecule has 0 spiro atoms. The average molecular weight is 475 g/mol. The first-order valence-electron chi connectivity index (χ1n) is 10.2. The lowest BCUT2D eigenvalue weighted by Crippen LogP contribution is -2.40. The molecule has 6 nitrogen and oxygen atoms in total. The standard InChI is InChI=1S/C21H23F6N5O/c1-32(2)15-9-3-12(4-10-15)18(33)29-14-7-5-13(6-8-14)28-17-11-16(20(22,23)24)30-19(31-17)21(25,26)27/h3-4,9-11,13-14H,5-8H2,1-2H3,(H,29,33)(H,28,30,31)/t13-,14+. The van der Waals surface area contributed by atoms with Crippen LogP contribution in [0.1, 0.15) is 47.6 Å². The molecule has 0 saturated heterocycles. The molecule has 1 aliphatic carbocycles. The van der Waals surface area contributed by atoms with Gasteiger partial charge in [-0.05, 0) is 49.9 Å². The van der Waals surface area contributed by atoms with Gasteiger partial charge < -0.3 is 15.5 Å². The number of anilines is 2. The number of aromatic nitrogens is 2. The number of amides is 1. The van der Waals surface area contributed by atoms with E-state index < -0.39 is 29.7 Å². The Balaban J connectivity index is 1.59. The molecule has 0 atom stereocenters. The van der Waals surface area contributed by atoms with Crippen LogP contribution in [-0.2, 0) is 12.4 Å². The Kier molecular flexibility index (Phi) is 7.03. The zero-order valence-electron chi connectivity index (χ0n) is 17.9. The lowest BCUT2D eigenvalue weighted by molar-refractivity contribution is -0.152. The number of carbonyl (C=O) groups excluding carboxylic acids is 1. The molecule has 1 saturated carbocycles. The van der Waals surface area contributed by atoms with E-state index in [9.17, 15) is 31.1 Å². The second-order valence-electron chi connectivity index (χ2n) is 8.07. The summed E-state index contributed by atoms with van der Waals surface area (Å²) < 4.78 is 77.7. The summed E-state index contributed by atoms with van der Waals surface area (Å²) in [5.74, 6) is -2.61. The van der Waals surface area contributed by atoms with Gasteiger partial charge >= 0.3 is 12.4 Å². The van der Waals surface area contributed by atoms with Crippen LogP contribution in [0.2, 0.25) is 0 Å². The van der Waals surface area contributed by atoms with E-state index in [2.05, 4.69) is 20.6 Å². The molecule has 3 rings (SSSR count). The fraction of sp³-hybridized carbons (Fsp3) is 0.476. The van der Waals surface area contributed by atoms with E-state index in [0.717, 1.165) is 5.69 Å². The Hall–Kier alpha value is -3.05. The van der Waals surface area contributed by atoms with Gasteiger partial charge in [0, 0.05) is 43.5 Å². The number of hydrogen-bond donors (Lipinski definition) is 2. The van der Waals surface area contributed by atoms with Gasteiger partial charge in [0.1, 0.15) is 5.82 Å². The van der Waals surface area contributed by atoms with Gasteiger partial charge in [-0.1, -0.05) is 0 Å². The largest absolute Gasteiger partial charge is 0.451 e. The van der Waals surface area contributed by atoms with Gasteiger partial charge in [0.15, 0.2) is 5.69 Å². The Bertz CT molecular complexity index is 934. The Morgan fingerprint density at radius 1 is 0.909 bits per heavy atom. The van der Waals surface area contributed by atoms with Crippen LogP contribution in [0.5, 0.6) is 0 Å². The van der Waals surface area contributed by atoms with Gasteiger partial charge in [0.25, 0.3) is 5.91 Å². The third-order valence-electron chi connectivity index (χ3n) is 5.33. The summed E-state index contributed by atoms with van der Waals surface area (Å²) in [5, 5.41) is 5.58. The van der Waals surface area contributed by atoms with Gasteiger partial charge in [-0.25, -0.2) is 9.97 Å². The Morgan fingerprint density at radius 2 is 1.48 bits per heavy atom. The van der Waals surface area contributed by atoms with Crippen LogP contribution in [0, 0.1) is 0 Å². The minimum atomic E-state index is -5.11. The van der Waals surface area contributed by atoms with Crippen LogP contribution in [0.4, 0.5) is 37.8 Å². The van der Waals surface area contributed by atoms with Crippen molar-refractivity contribution in [1.29, 1.82) is 0 Å². The third kappa shape index (κ3) is 6.48. The molecule has 0 bridgehead atoms. The van der Waals surface area contributed by atoms with Crippen LogP contribution >= 0.6 is 0 Å². The van der Waals surface area contributed by atoms with Crippen molar-refractivity contribution in [2.24, 2.45) is 0 Å². The SMILES string of the molecule is CN(C)c1ccc(C(=O)N[C@H]2CC[C@@H](Nc3cc(C(F)(F)F)nc(C(F)(F)F)n3)CC2)cc1. The number of halogens is 6. The summed E-state index contributed by atoms with van der Waals surface area (Å²) in [6, 6.07) is 7.01. The summed E-state index contributed by atoms with van der Waals surface area (Å²) >= 11 is 0. The first-order valence-corrected chi connectivity index (χ1v) is 10.2. The summed E-state index contributed by atoms with van der Waals surface area (Å²) in [4.78, 5) is 20.2. The number of rotatable bonds is 5. The zero-order valence-corrected chi connectivity index (χ0v) is 17.9. The fourth-order valence-corrected chi connectivity index (χ4v) is 3.56. The van der Waals surface area contributed by atoms with Crippen molar-refractivity contribution in [2.45, 2.75) is 50.1 Å². The molecule has 1 amide bonds. The summed E-state index contributed by atoms with van der Waals surface area (Å²) in [6.07, 6.45) is -8.23. The molecular weight excluding hydrogens is 452 g/mol. The summed E-state index contributed by atoms with van der Waals surface area (Å²) in [7, 11) is 3.77. The van der Waals surface area contributed by atoms with Crippen LogP contribution in [-0.4, -0.2) is 42.1 Å². The molecule has 1 aromatic carbocycles. The quantitative estimate of drug-likeness (QED) is 0.612. The monoisotopic (exact) mass is 475 g/mol. The van der Waals surface area contributed by atoms with Gasteiger partial charge in [0.2, 0.25) is 5.82 Å². The van der Waals surface area contributed by atoms with E-state index in [4.69, 9.17) is 0 Å². The molecule has 1 aromatic heterocycles. The van der Waals surface area contributed by atoms with E-state index in [1.165, 1.54) is 0 Å². The zero-order chi connectivity index (χ0) is 24.4. The number of hydrogen-bond acceptors (Lipinski definition) is 5. The van der Waals surface area contributed by atoms with Gasteiger partial charge in [-0.3, -0.25) is 4.79 Å². The van der Waals surface area contributed by atoms with Crippen molar-refractivity contribution in [3.8, 4) is 0 Å². The van der Waals surface area contributed by atoms with Crippen LogP contribution in [0.25, 0.3) is 0 Å². The maximum Gasteiger partial charge on any atom is 0.451 e. The highest BCUT2D eigenvalue weighted by Crippen LogP contribution is 2.34. The maximum absolute atomic E-state index is 13.0. The topological polar surface area (TPSA) is 70.2 Å². The van der Waals surface area contributed by atoms with E-state index in [1.807, 2.05) is 31.1 Å². The minimum Gasteiger partial charge on any atom is -0.378 e. The van der Waals surface area contributed by atoms with Gasteiger partial charge in [-0.2, -0.15) is 26.3 Å². The molecule has 180 valence electrons. The molecule has 1 heterocycles. The maximum atomic E-state index is 13.0. The molecule has 1 fully saturated rings. The van der Waals surface area contributed by atoms with E-state index in [1.54, 1.807) is 12.1 Å². The minimum absolute atomic E-state index is 0.147. The van der Waals surface area contributed by atoms with E-state index >= 15 is 0 Å². The van der Waals surface area contributed by atoms with Gasteiger partial charge in [-0.15, -0.1) is 0 Å². The third-order valence-corrected chi connectivity index (χ3v) is 5.33. The molecule has 0 unspecified atom stereocenters. The van der Waals surface area contributed by atoms with Crippen molar-refractivity contribution in [3.63, 3.8) is 0 Å². The smallest absolute Gasteiger partial charge is 0.378 e. The number of nitrogens with zero attached hydrogens (tertiary/aromatic N) is 3. The average Bonchev–Trinajstić information content (AvgIpc) is 2.73. The molecule has 12 heteroatoms. The molecule has 0 radical (unpaired) electrons. The lowest BCUT2D eigenvalue weighted by atomic mass is 9.91. The van der Waals surface area contributed by atoms with Crippen LogP contribution in [0.3, 0.4) is 0 Å². The predicted octanol–water partition coefficient (Wildman–Crippen LogP) is 4.73. The van der Waals surface area contributed by atoms with E-state index in [-0.39, 0.29) is 18.0 Å². The number of benzene rings is 1. The first-order chi connectivity index (χ1) is 15.3. The predicted molar refractivity (Wildman–Crippen MR) is 110 cm³/mol. The van der Waals surface area contributed by atoms with Crippen molar-refractivity contribution >= 4 is 17.4 Å². The Labute approximate surface area is 186 Å².